The highest BCUT2D eigenvalue weighted by molar-refractivity contribution is 6.02. The number of hydrogen-bond acceptors (Lipinski definition) is 5. The highest BCUT2D eigenvalue weighted by Gasteiger charge is 2.23. The fourth-order valence-corrected chi connectivity index (χ4v) is 1.87. The molecule has 16 heavy (non-hydrogen) atoms. The number of aliphatic hydroxyl groups excluding tert-OH is 1. The van der Waals surface area contributed by atoms with Crippen LogP contribution < -0.4 is 10.6 Å². The van der Waals surface area contributed by atoms with Gasteiger partial charge in [0.05, 0.1) is 18.0 Å². The molecular weight excluding hydrogens is 208 g/mol. The number of oxime groups is 1. The van der Waals surface area contributed by atoms with Crippen molar-refractivity contribution in [1.29, 1.82) is 0 Å². The molecule has 1 aromatic rings. The molecule has 0 spiro atoms. The molecule has 0 saturated carbocycles. The Bertz CT molecular complexity index is 408. The van der Waals surface area contributed by atoms with Crippen LogP contribution in [0.1, 0.15) is 12.0 Å². The van der Waals surface area contributed by atoms with E-state index in [2.05, 4.69) is 10.1 Å². The third-order valence-corrected chi connectivity index (χ3v) is 2.69. The van der Waals surface area contributed by atoms with Crippen LogP contribution in [-0.2, 0) is 0 Å². The maximum Gasteiger partial charge on any atom is 0.172 e. The van der Waals surface area contributed by atoms with Crippen LogP contribution in [-0.4, -0.2) is 40.3 Å². The summed E-state index contributed by atoms with van der Waals surface area (Å²) in [4.78, 5) is 5.99. The highest BCUT2D eigenvalue weighted by Crippen LogP contribution is 2.23. The van der Waals surface area contributed by atoms with Crippen LogP contribution in [0.25, 0.3) is 0 Å². The third kappa shape index (κ3) is 1.92. The summed E-state index contributed by atoms with van der Waals surface area (Å²) in [6.07, 6.45) is 3.65. The molecule has 2 heterocycles. The van der Waals surface area contributed by atoms with Gasteiger partial charge in [-0.3, -0.25) is 4.98 Å². The number of nitrogens with zero attached hydrogens (tertiary/aromatic N) is 3. The van der Waals surface area contributed by atoms with E-state index in [9.17, 15) is 5.11 Å². The van der Waals surface area contributed by atoms with Crippen molar-refractivity contribution < 1.29 is 10.3 Å². The molecule has 6 heteroatoms. The highest BCUT2D eigenvalue weighted by atomic mass is 16.4. The monoisotopic (exact) mass is 222 g/mol. The second-order valence-corrected chi connectivity index (χ2v) is 3.77. The molecule has 1 atom stereocenters. The fraction of sp³-hybridized carbons (Fsp3) is 0.400. The smallest absolute Gasteiger partial charge is 0.172 e. The van der Waals surface area contributed by atoms with E-state index < -0.39 is 0 Å². The van der Waals surface area contributed by atoms with Crippen LogP contribution in [0, 0.1) is 0 Å². The molecule has 1 fully saturated rings. The molecule has 1 aliphatic rings. The van der Waals surface area contributed by atoms with Gasteiger partial charge >= 0.3 is 0 Å². The Labute approximate surface area is 93.0 Å². The molecule has 2 rings (SSSR count). The van der Waals surface area contributed by atoms with Gasteiger partial charge in [0.15, 0.2) is 5.84 Å². The Morgan fingerprint density at radius 1 is 1.62 bits per heavy atom. The van der Waals surface area contributed by atoms with Crippen LogP contribution in [0.2, 0.25) is 0 Å². The SMILES string of the molecule is N/C(=N/O)c1ccncc1N1CCC(O)C1. The Kier molecular flexibility index (Phi) is 2.91. The van der Waals surface area contributed by atoms with Gasteiger partial charge in [-0.1, -0.05) is 5.16 Å². The first-order chi connectivity index (χ1) is 7.72. The van der Waals surface area contributed by atoms with Crippen molar-refractivity contribution in [2.45, 2.75) is 12.5 Å². The summed E-state index contributed by atoms with van der Waals surface area (Å²) in [6, 6.07) is 1.69. The molecule has 1 unspecified atom stereocenters. The van der Waals surface area contributed by atoms with Crippen molar-refractivity contribution in [3.63, 3.8) is 0 Å². The number of β-amino-alcohol motifs (C(OH)–C–C–N with tert-alkyl or cyclic N) is 1. The minimum Gasteiger partial charge on any atom is -0.409 e. The first-order valence-electron chi connectivity index (χ1n) is 5.07. The van der Waals surface area contributed by atoms with E-state index in [-0.39, 0.29) is 11.9 Å². The van der Waals surface area contributed by atoms with Crippen LogP contribution in [0.3, 0.4) is 0 Å². The van der Waals surface area contributed by atoms with Crippen LogP contribution in [0.5, 0.6) is 0 Å². The maximum atomic E-state index is 9.47. The lowest BCUT2D eigenvalue weighted by atomic mass is 10.2. The largest absolute Gasteiger partial charge is 0.409 e. The summed E-state index contributed by atoms with van der Waals surface area (Å²) in [5.41, 5.74) is 7.00. The standard InChI is InChI=1S/C10H14N4O2/c11-10(13-16)8-1-3-12-5-9(8)14-4-2-7(15)6-14/h1,3,5,7,15-16H,2,4,6H2,(H2,11,13). The average molecular weight is 222 g/mol. The topological polar surface area (TPSA) is 95.0 Å². The zero-order chi connectivity index (χ0) is 11.5. The molecule has 1 aliphatic heterocycles. The zero-order valence-corrected chi connectivity index (χ0v) is 8.74. The Morgan fingerprint density at radius 3 is 3.06 bits per heavy atom. The van der Waals surface area contributed by atoms with E-state index in [1.807, 2.05) is 4.90 Å². The van der Waals surface area contributed by atoms with Gasteiger partial charge in [-0.2, -0.15) is 0 Å². The number of rotatable bonds is 2. The van der Waals surface area contributed by atoms with Gasteiger partial charge in [0.2, 0.25) is 0 Å². The van der Waals surface area contributed by atoms with Crippen LogP contribution in [0.4, 0.5) is 5.69 Å². The van der Waals surface area contributed by atoms with Gasteiger partial charge in [-0.25, -0.2) is 0 Å². The molecule has 0 amide bonds. The van der Waals surface area contributed by atoms with Crippen molar-refractivity contribution in [3.05, 3.63) is 24.0 Å². The maximum absolute atomic E-state index is 9.47. The fourth-order valence-electron chi connectivity index (χ4n) is 1.87. The van der Waals surface area contributed by atoms with E-state index in [0.717, 1.165) is 18.7 Å². The predicted octanol–water partition coefficient (Wildman–Crippen LogP) is -0.253. The molecule has 0 aromatic carbocycles. The summed E-state index contributed by atoms with van der Waals surface area (Å²) >= 11 is 0. The molecule has 86 valence electrons. The van der Waals surface area contributed by atoms with Crippen molar-refractivity contribution in [2.75, 3.05) is 18.0 Å². The van der Waals surface area contributed by atoms with Gasteiger partial charge in [0.25, 0.3) is 0 Å². The van der Waals surface area contributed by atoms with E-state index in [1.165, 1.54) is 0 Å². The molecule has 0 bridgehead atoms. The van der Waals surface area contributed by atoms with Crippen molar-refractivity contribution >= 4 is 11.5 Å². The van der Waals surface area contributed by atoms with Crippen molar-refractivity contribution in [1.82, 2.24) is 4.98 Å². The van der Waals surface area contributed by atoms with Gasteiger partial charge < -0.3 is 20.9 Å². The first-order valence-corrected chi connectivity index (χ1v) is 5.07. The number of hydrogen-bond donors (Lipinski definition) is 3. The Morgan fingerprint density at radius 2 is 2.44 bits per heavy atom. The molecule has 4 N–H and O–H groups in total. The second kappa shape index (κ2) is 4.36. The summed E-state index contributed by atoms with van der Waals surface area (Å²) in [5, 5.41) is 21.1. The van der Waals surface area contributed by atoms with E-state index in [0.29, 0.717) is 12.1 Å². The van der Waals surface area contributed by atoms with Crippen LogP contribution in [0.15, 0.2) is 23.6 Å². The third-order valence-electron chi connectivity index (χ3n) is 2.69. The van der Waals surface area contributed by atoms with Gasteiger partial charge in [0.1, 0.15) is 0 Å². The number of amidine groups is 1. The van der Waals surface area contributed by atoms with Crippen LogP contribution >= 0.6 is 0 Å². The minimum atomic E-state index is -0.319. The number of aromatic nitrogens is 1. The van der Waals surface area contributed by atoms with E-state index >= 15 is 0 Å². The molecule has 1 saturated heterocycles. The molecule has 0 aliphatic carbocycles. The number of anilines is 1. The van der Waals surface area contributed by atoms with Crippen molar-refractivity contribution in [2.24, 2.45) is 10.9 Å². The summed E-state index contributed by atoms with van der Waals surface area (Å²) in [7, 11) is 0. The predicted molar refractivity (Wildman–Crippen MR) is 59.6 cm³/mol. The van der Waals surface area contributed by atoms with Crippen molar-refractivity contribution in [3.8, 4) is 0 Å². The number of pyridine rings is 1. The Balaban J connectivity index is 2.33. The van der Waals surface area contributed by atoms with E-state index in [1.54, 1.807) is 18.5 Å². The normalized spacial score (nSPS) is 21.4. The number of nitrogens with two attached hydrogens (primary N) is 1. The number of aliphatic hydroxyl groups is 1. The zero-order valence-electron chi connectivity index (χ0n) is 8.74. The van der Waals surface area contributed by atoms with Gasteiger partial charge in [-0.15, -0.1) is 0 Å². The average Bonchev–Trinajstić information content (AvgIpc) is 2.75. The Hall–Kier alpha value is -1.82. The molecule has 1 aromatic heterocycles. The molecule has 0 radical (unpaired) electrons. The first kappa shape index (κ1) is 10.7. The quantitative estimate of drug-likeness (QED) is 0.277. The lowest BCUT2D eigenvalue weighted by Gasteiger charge is -2.20. The minimum absolute atomic E-state index is 0.0544. The summed E-state index contributed by atoms with van der Waals surface area (Å²) < 4.78 is 0. The van der Waals surface area contributed by atoms with Gasteiger partial charge in [0, 0.05) is 24.8 Å². The second-order valence-electron chi connectivity index (χ2n) is 3.77. The lowest BCUT2D eigenvalue weighted by molar-refractivity contribution is 0.198. The lowest BCUT2D eigenvalue weighted by Crippen LogP contribution is -2.25. The molecule has 6 nitrogen and oxygen atoms in total. The molecular formula is C10H14N4O2. The summed E-state index contributed by atoms with van der Waals surface area (Å²) in [6.45, 7) is 1.30. The van der Waals surface area contributed by atoms with E-state index in [4.69, 9.17) is 10.9 Å². The summed E-state index contributed by atoms with van der Waals surface area (Å²) in [5.74, 6) is 0.0544. The van der Waals surface area contributed by atoms with Gasteiger partial charge in [-0.05, 0) is 12.5 Å².